The molecular weight excluding hydrogens is 274 g/mol. The van der Waals surface area contributed by atoms with Crippen LogP contribution < -0.4 is 0 Å². The van der Waals surface area contributed by atoms with Gasteiger partial charge in [-0.3, -0.25) is 4.79 Å². The van der Waals surface area contributed by atoms with E-state index in [0.717, 1.165) is 18.7 Å². The number of ketones is 1. The van der Waals surface area contributed by atoms with Crippen LogP contribution in [0.15, 0.2) is 41.0 Å². The van der Waals surface area contributed by atoms with Gasteiger partial charge in [-0.2, -0.15) is 0 Å². The van der Waals surface area contributed by atoms with Gasteiger partial charge in [0.1, 0.15) is 12.0 Å². The van der Waals surface area contributed by atoms with Gasteiger partial charge in [-0.1, -0.05) is 68.9 Å². The summed E-state index contributed by atoms with van der Waals surface area (Å²) >= 11 is 0. The molecule has 3 nitrogen and oxygen atoms in total. The van der Waals surface area contributed by atoms with Crippen LogP contribution in [0.4, 0.5) is 0 Å². The van der Waals surface area contributed by atoms with E-state index in [4.69, 9.17) is 4.42 Å². The van der Waals surface area contributed by atoms with Crippen LogP contribution in [0.25, 0.3) is 0 Å². The standard InChI is InChI=1S/C19H23NO2/c21-18(15-10-8-5-9-11-15)17-14-22-19(20-17)16-12-6-3-1-2-4-7-13-16/h5,8-11,14,16H,1-4,6-7,12-13H2. The van der Waals surface area contributed by atoms with Crippen LogP contribution >= 0.6 is 0 Å². The van der Waals surface area contributed by atoms with E-state index >= 15 is 0 Å². The highest BCUT2D eigenvalue weighted by Crippen LogP contribution is 2.30. The molecule has 0 unspecified atom stereocenters. The molecule has 1 heterocycles. The average Bonchev–Trinajstić information content (AvgIpc) is 3.08. The van der Waals surface area contributed by atoms with Gasteiger partial charge in [-0.15, -0.1) is 0 Å². The molecule has 3 heteroatoms. The second kappa shape index (κ2) is 7.39. The fraction of sp³-hybridized carbons (Fsp3) is 0.474. The summed E-state index contributed by atoms with van der Waals surface area (Å²) in [5, 5.41) is 0. The van der Waals surface area contributed by atoms with Crippen molar-refractivity contribution in [1.82, 2.24) is 4.98 Å². The van der Waals surface area contributed by atoms with Crippen molar-refractivity contribution in [2.45, 2.75) is 57.3 Å². The van der Waals surface area contributed by atoms with Crippen LogP contribution in [0.3, 0.4) is 0 Å². The van der Waals surface area contributed by atoms with E-state index in [2.05, 4.69) is 4.98 Å². The lowest BCUT2D eigenvalue weighted by Crippen LogP contribution is -2.04. The van der Waals surface area contributed by atoms with Crippen molar-refractivity contribution >= 4 is 5.78 Å². The zero-order valence-electron chi connectivity index (χ0n) is 13.0. The Morgan fingerprint density at radius 2 is 1.59 bits per heavy atom. The van der Waals surface area contributed by atoms with Crippen LogP contribution in [-0.2, 0) is 0 Å². The molecule has 0 atom stereocenters. The van der Waals surface area contributed by atoms with E-state index in [1.54, 1.807) is 0 Å². The van der Waals surface area contributed by atoms with Crippen molar-refractivity contribution < 1.29 is 9.21 Å². The Kier molecular flexibility index (Phi) is 5.04. The number of carbonyl (C=O) groups is 1. The first kappa shape index (κ1) is 15.0. The highest BCUT2D eigenvalue weighted by molar-refractivity contribution is 6.07. The molecule has 0 saturated heterocycles. The van der Waals surface area contributed by atoms with Crippen LogP contribution in [0.1, 0.15) is 79.2 Å². The van der Waals surface area contributed by atoms with Crippen molar-refractivity contribution in [3.8, 4) is 0 Å². The lowest BCUT2D eigenvalue weighted by molar-refractivity contribution is 0.103. The molecule has 0 spiro atoms. The van der Waals surface area contributed by atoms with Gasteiger partial charge in [0.05, 0.1) is 0 Å². The molecule has 3 rings (SSSR count). The van der Waals surface area contributed by atoms with Gasteiger partial charge in [0.2, 0.25) is 5.78 Å². The molecular formula is C19H23NO2. The number of rotatable bonds is 3. The van der Waals surface area contributed by atoms with Crippen molar-refractivity contribution in [1.29, 1.82) is 0 Å². The van der Waals surface area contributed by atoms with Crippen molar-refractivity contribution in [3.05, 3.63) is 53.7 Å². The molecule has 0 bridgehead atoms. The van der Waals surface area contributed by atoms with Gasteiger partial charge in [0, 0.05) is 11.5 Å². The number of oxazole rings is 1. The minimum atomic E-state index is -0.0568. The number of hydrogen-bond donors (Lipinski definition) is 0. The van der Waals surface area contributed by atoms with Gasteiger partial charge >= 0.3 is 0 Å². The van der Waals surface area contributed by atoms with Crippen LogP contribution in [0.5, 0.6) is 0 Å². The summed E-state index contributed by atoms with van der Waals surface area (Å²) in [6, 6.07) is 9.27. The monoisotopic (exact) mass is 297 g/mol. The van der Waals surface area contributed by atoms with E-state index in [9.17, 15) is 4.79 Å². The zero-order chi connectivity index (χ0) is 15.2. The Hall–Kier alpha value is -1.90. The Morgan fingerprint density at radius 3 is 2.27 bits per heavy atom. The quantitative estimate of drug-likeness (QED) is 0.738. The molecule has 116 valence electrons. The zero-order valence-corrected chi connectivity index (χ0v) is 13.0. The first-order valence-corrected chi connectivity index (χ1v) is 8.40. The molecule has 1 aromatic carbocycles. The highest BCUT2D eigenvalue weighted by Gasteiger charge is 2.21. The number of carbonyl (C=O) groups excluding carboxylic acids is 1. The van der Waals surface area contributed by atoms with Crippen molar-refractivity contribution in [3.63, 3.8) is 0 Å². The second-order valence-corrected chi connectivity index (χ2v) is 6.16. The van der Waals surface area contributed by atoms with Crippen molar-refractivity contribution in [2.24, 2.45) is 0 Å². The van der Waals surface area contributed by atoms with Crippen LogP contribution in [-0.4, -0.2) is 10.8 Å². The Balaban J connectivity index is 1.73. The Morgan fingerprint density at radius 1 is 0.955 bits per heavy atom. The molecule has 22 heavy (non-hydrogen) atoms. The van der Waals surface area contributed by atoms with E-state index in [1.807, 2.05) is 30.3 Å². The Bertz CT molecular complexity index is 593. The van der Waals surface area contributed by atoms with E-state index in [-0.39, 0.29) is 5.78 Å². The topological polar surface area (TPSA) is 43.1 Å². The third-order valence-corrected chi connectivity index (χ3v) is 4.49. The first-order valence-electron chi connectivity index (χ1n) is 8.40. The molecule has 1 aliphatic carbocycles. The molecule has 1 fully saturated rings. The van der Waals surface area contributed by atoms with Gasteiger partial charge < -0.3 is 4.42 Å². The summed E-state index contributed by atoms with van der Waals surface area (Å²) in [7, 11) is 0. The summed E-state index contributed by atoms with van der Waals surface area (Å²) in [4.78, 5) is 16.9. The van der Waals surface area contributed by atoms with E-state index in [1.165, 1.54) is 44.8 Å². The lowest BCUT2D eigenvalue weighted by Gasteiger charge is -2.11. The minimum absolute atomic E-state index is 0.0568. The number of benzene rings is 1. The maximum Gasteiger partial charge on any atom is 0.214 e. The summed E-state index contributed by atoms with van der Waals surface area (Å²) in [5.74, 6) is 1.07. The van der Waals surface area contributed by atoms with Crippen LogP contribution in [0.2, 0.25) is 0 Å². The maximum atomic E-state index is 12.4. The summed E-state index contributed by atoms with van der Waals surface area (Å²) in [5.41, 5.74) is 1.10. The number of aromatic nitrogens is 1. The second-order valence-electron chi connectivity index (χ2n) is 6.16. The van der Waals surface area contributed by atoms with E-state index in [0.29, 0.717) is 17.2 Å². The lowest BCUT2D eigenvalue weighted by atomic mass is 9.97. The van der Waals surface area contributed by atoms with E-state index < -0.39 is 0 Å². The smallest absolute Gasteiger partial charge is 0.214 e. The number of hydrogen-bond acceptors (Lipinski definition) is 3. The fourth-order valence-corrected chi connectivity index (χ4v) is 3.20. The summed E-state index contributed by atoms with van der Waals surface area (Å²) in [6.07, 6.45) is 11.5. The fourth-order valence-electron chi connectivity index (χ4n) is 3.20. The largest absolute Gasteiger partial charge is 0.448 e. The van der Waals surface area contributed by atoms with Gasteiger partial charge in [-0.25, -0.2) is 4.98 Å². The molecule has 0 amide bonds. The molecule has 0 aliphatic heterocycles. The third-order valence-electron chi connectivity index (χ3n) is 4.49. The SMILES string of the molecule is O=C(c1ccccc1)c1coc(C2CCCCCCCC2)n1. The first-order chi connectivity index (χ1) is 10.8. The minimum Gasteiger partial charge on any atom is -0.448 e. The molecule has 1 aromatic heterocycles. The molecule has 2 aromatic rings. The number of nitrogens with zero attached hydrogens (tertiary/aromatic N) is 1. The van der Waals surface area contributed by atoms with Gasteiger partial charge in [0.15, 0.2) is 5.89 Å². The van der Waals surface area contributed by atoms with Crippen LogP contribution in [0, 0.1) is 0 Å². The van der Waals surface area contributed by atoms with Gasteiger partial charge in [0.25, 0.3) is 0 Å². The normalized spacial score (nSPS) is 17.5. The Labute approximate surface area is 131 Å². The summed E-state index contributed by atoms with van der Waals surface area (Å²) in [6.45, 7) is 0. The maximum absolute atomic E-state index is 12.4. The molecule has 0 N–H and O–H groups in total. The van der Waals surface area contributed by atoms with Crippen molar-refractivity contribution in [2.75, 3.05) is 0 Å². The predicted molar refractivity (Wildman–Crippen MR) is 86.1 cm³/mol. The molecule has 0 radical (unpaired) electrons. The average molecular weight is 297 g/mol. The molecule has 1 aliphatic rings. The third kappa shape index (κ3) is 3.65. The summed E-state index contributed by atoms with van der Waals surface area (Å²) < 4.78 is 5.65. The highest BCUT2D eigenvalue weighted by atomic mass is 16.3. The molecule has 1 saturated carbocycles. The van der Waals surface area contributed by atoms with Gasteiger partial charge in [-0.05, 0) is 12.8 Å². The predicted octanol–water partition coefficient (Wildman–Crippen LogP) is 5.12.